The van der Waals surface area contributed by atoms with Crippen LogP contribution in [0.1, 0.15) is 80.1 Å². The molecule has 124 valence electrons. The molecule has 2 N–H and O–H groups in total. The summed E-state index contributed by atoms with van der Waals surface area (Å²) in [6, 6.07) is 0. The summed E-state index contributed by atoms with van der Waals surface area (Å²) in [5.74, 6) is 4.80. The fourth-order valence-electron chi connectivity index (χ4n) is 4.02. The predicted molar refractivity (Wildman–Crippen MR) is 89.9 cm³/mol. The second kappa shape index (κ2) is 15.3. The third-order valence-corrected chi connectivity index (χ3v) is 4.35. The van der Waals surface area contributed by atoms with Crippen molar-refractivity contribution in [1.82, 2.24) is 0 Å². The Labute approximate surface area is 128 Å². The topological polar surface area (TPSA) is 40.5 Å². The molecule has 2 heteroatoms. The Balaban J connectivity index is 0. The third-order valence-electron chi connectivity index (χ3n) is 4.35. The minimum atomic E-state index is 0.250. The molecular weight excluding hydrogens is 248 g/mol. The molecule has 0 aromatic rings. The first-order valence-corrected chi connectivity index (χ1v) is 9.00. The molecule has 0 heterocycles. The lowest BCUT2D eigenvalue weighted by molar-refractivity contribution is 0.259. The van der Waals surface area contributed by atoms with Crippen molar-refractivity contribution in [2.45, 2.75) is 80.1 Å². The van der Waals surface area contributed by atoms with Gasteiger partial charge in [-0.3, -0.25) is 0 Å². The van der Waals surface area contributed by atoms with Crippen molar-refractivity contribution >= 4 is 0 Å². The van der Waals surface area contributed by atoms with Crippen LogP contribution in [0.25, 0.3) is 0 Å². The third kappa shape index (κ3) is 7.08. The van der Waals surface area contributed by atoms with Crippen LogP contribution in [0.4, 0.5) is 0 Å². The van der Waals surface area contributed by atoms with Gasteiger partial charge in [-0.05, 0) is 69.6 Å². The molecule has 20 heavy (non-hydrogen) atoms. The number of fused-ring (bicyclic) bond motifs is 5. The maximum Gasteiger partial charge on any atom is 0.0402 e. The first kappa shape index (κ1) is 22.2. The molecule has 0 aromatic heterocycles. The molecule has 3 aliphatic rings. The van der Waals surface area contributed by atoms with Crippen LogP contribution in [0.3, 0.4) is 0 Å². The van der Waals surface area contributed by atoms with Crippen LogP contribution in [0.15, 0.2) is 0 Å². The van der Waals surface area contributed by atoms with Gasteiger partial charge in [0.25, 0.3) is 0 Å². The molecule has 3 fully saturated rings. The molecule has 4 atom stereocenters. The quantitative estimate of drug-likeness (QED) is 0.667. The minimum Gasteiger partial charge on any atom is -0.397 e. The van der Waals surface area contributed by atoms with Crippen molar-refractivity contribution in [1.29, 1.82) is 0 Å². The van der Waals surface area contributed by atoms with Gasteiger partial charge < -0.3 is 10.2 Å². The molecule has 2 bridgehead atoms. The van der Waals surface area contributed by atoms with Gasteiger partial charge in [0, 0.05) is 13.2 Å². The summed E-state index contributed by atoms with van der Waals surface area (Å²) in [7, 11) is 0. The molecule has 0 aliphatic heterocycles. The highest BCUT2D eigenvalue weighted by molar-refractivity contribution is 4.98. The van der Waals surface area contributed by atoms with E-state index in [-0.39, 0.29) is 13.2 Å². The normalized spacial score (nSPS) is 31.2. The number of aliphatic hydroxyl groups is 2. The first-order chi connectivity index (χ1) is 9.78. The second-order valence-electron chi connectivity index (χ2n) is 5.22. The van der Waals surface area contributed by atoms with Crippen molar-refractivity contribution in [3.63, 3.8) is 0 Å². The highest BCUT2D eigenvalue weighted by Gasteiger charge is 2.48. The van der Waals surface area contributed by atoms with Crippen LogP contribution in [0.5, 0.6) is 0 Å². The van der Waals surface area contributed by atoms with Crippen LogP contribution >= 0.6 is 0 Å². The Morgan fingerprint density at radius 1 is 0.700 bits per heavy atom. The van der Waals surface area contributed by atoms with E-state index in [4.69, 9.17) is 10.2 Å². The van der Waals surface area contributed by atoms with E-state index in [2.05, 4.69) is 0 Å². The highest BCUT2D eigenvalue weighted by Crippen LogP contribution is 2.58. The van der Waals surface area contributed by atoms with E-state index in [1.807, 2.05) is 27.7 Å². The van der Waals surface area contributed by atoms with Crippen molar-refractivity contribution in [3.8, 4) is 0 Å². The van der Waals surface area contributed by atoms with Crippen LogP contribution in [-0.4, -0.2) is 23.4 Å². The van der Waals surface area contributed by atoms with E-state index in [0.29, 0.717) is 0 Å². The molecule has 4 unspecified atom stereocenters. The van der Waals surface area contributed by atoms with Gasteiger partial charge >= 0.3 is 0 Å². The molecule has 2 nitrogen and oxygen atoms in total. The summed E-state index contributed by atoms with van der Waals surface area (Å²) >= 11 is 0. The van der Waals surface area contributed by atoms with Gasteiger partial charge in [0.15, 0.2) is 0 Å². The van der Waals surface area contributed by atoms with Crippen LogP contribution < -0.4 is 0 Å². The van der Waals surface area contributed by atoms with Crippen molar-refractivity contribution in [3.05, 3.63) is 0 Å². The van der Waals surface area contributed by atoms with Crippen molar-refractivity contribution in [2.24, 2.45) is 23.7 Å². The SMILES string of the molecule is C1CC2C3CCC(C3)C2C1.CC.CC.CCO.CCO. The summed E-state index contributed by atoms with van der Waals surface area (Å²) in [6.07, 6.45) is 9.53. The van der Waals surface area contributed by atoms with E-state index in [9.17, 15) is 0 Å². The summed E-state index contributed by atoms with van der Waals surface area (Å²) < 4.78 is 0. The maximum atomic E-state index is 7.57. The largest absolute Gasteiger partial charge is 0.397 e. The molecule has 3 aliphatic carbocycles. The predicted octanol–water partition coefficient (Wildman–Crippen LogP) is 4.88. The lowest BCUT2D eigenvalue weighted by Crippen LogP contribution is -2.15. The van der Waals surface area contributed by atoms with Crippen molar-refractivity contribution in [2.75, 3.05) is 13.2 Å². The molecule has 0 spiro atoms. The number of aliphatic hydroxyl groups excluding tert-OH is 2. The summed E-state index contributed by atoms with van der Waals surface area (Å²) in [5.41, 5.74) is 0. The second-order valence-corrected chi connectivity index (χ2v) is 5.22. The zero-order chi connectivity index (χ0) is 16.0. The number of rotatable bonds is 0. The lowest BCUT2D eigenvalue weighted by Gasteiger charge is -2.23. The molecule has 3 saturated carbocycles. The van der Waals surface area contributed by atoms with Gasteiger partial charge in [-0.25, -0.2) is 0 Å². The highest BCUT2D eigenvalue weighted by atomic mass is 16.3. The van der Waals surface area contributed by atoms with Gasteiger partial charge in [-0.2, -0.15) is 0 Å². The fraction of sp³-hybridized carbons (Fsp3) is 1.00. The molecular formula is C18H40O2. The maximum absolute atomic E-state index is 7.57. The van der Waals surface area contributed by atoms with Gasteiger partial charge in [0.2, 0.25) is 0 Å². The Morgan fingerprint density at radius 2 is 1.00 bits per heavy atom. The van der Waals surface area contributed by atoms with E-state index >= 15 is 0 Å². The molecule has 0 aromatic carbocycles. The number of hydrogen-bond acceptors (Lipinski definition) is 2. The minimum absolute atomic E-state index is 0.250. The first-order valence-electron chi connectivity index (χ1n) is 9.00. The Morgan fingerprint density at radius 3 is 1.30 bits per heavy atom. The van der Waals surface area contributed by atoms with Crippen LogP contribution in [-0.2, 0) is 0 Å². The average molecular weight is 289 g/mol. The Hall–Kier alpha value is -0.0800. The number of hydrogen-bond donors (Lipinski definition) is 2. The molecule has 0 saturated heterocycles. The fourth-order valence-corrected chi connectivity index (χ4v) is 4.02. The zero-order valence-electron chi connectivity index (χ0n) is 14.9. The van der Waals surface area contributed by atoms with E-state index in [1.54, 1.807) is 52.4 Å². The lowest BCUT2D eigenvalue weighted by atomic mass is 9.82. The van der Waals surface area contributed by atoms with Crippen LogP contribution in [0, 0.1) is 23.7 Å². The van der Waals surface area contributed by atoms with Crippen LogP contribution in [0.2, 0.25) is 0 Å². The van der Waals surface area contributed by atoms with Gasteiger partial charge in [0.1, 0.15) is 0 Å². The van der Waals surface area contributed by atoms with E-state index in [1.165, 1.54) is 23.7 Å². The van der Waals surface area contributed by atoms with Gasteiger partial charge in [0.05, 0.1) is 0 Å². The summed E-state index contributed by atoms with van der Waals surface area (Å²) in [4.78, 5) is 0. The summed E-state index contributed by atoms with van der Waals surface area (Å²) in [5, 5.41) is 15.1. The van der Waals surface area contributed by atoms with Gasteiger partial charge in [-0.1, -0.05) is 34.1 Å². The van der Waals surface area contributed by atoms with Gasteiger partial charge in [-0.15, -0.1) is 0 Å². The Bertz CT molecular complexity index is 164. The molecule has 0 amide bonds. The monoisotopic (exact) mass is 288 g/mol. The zero-order valence-corrected chi connectivity index (χ0v) is 14.9. The Kier molecular flexibility index (Phi) is 17.0. The summed E-state index contributed by atoms with van der Waals surface area (Å²) in [6.45, 7) is 11.9. The smallest absolute Gasteiger partial charge is 0.0402 e. The molecule has 3 rings (SSSR count). The van der Waals surface area contributed by atoms with E-state index in [0.717, 1.165) is 0 Å². The van der Waals surface area contributed by atoms with Crippen molar-refractivity contribution < 1.29 is 10.2 Å². The average Bonchev–Trinajstić information content (AvgIpc) is 3.19. The molecule has 0 radical (unpaired) electrons. The standard InChI is InChI=1S/C10H16.2C2H6O.2C2H6/c1-2-9-7-4-5-8(6-7)10(9)3-1;2*1-2-3;2*1-2/h7-10H,1-6H2;2*3H,2H2,1H3;2*1-2H3. The van der Waals surface area contributed by atoms with E-state index < -0.39 is 0 Å².